The Balaban J connectivity index is 1.75. The summed E-state index contributed by atoms with van der Waals surface area (Å²) < 4.78 is 0. The van der Waals surface area contributed by atoms with Crippen molar-refractivity contribution in [1.82, 2.24) is 4.90 Å². The molecule has 39 heavy (non-hydrogen) atoms. The highest BCUT2D eigenvalue weighted by Crippen LogP contribution is 2.62. The van der Waals surface area contributed by atoms with Crippen LogP contribution in [0, 0.1) is 22.7 Å². The van der Waals surface area contributed by atoms with Gasteiger partial charge < -0.3 is 21.7 Å². The maximum Gasteiger partial charge on any atom is 0.235 e. The molecule has 2 aromatic carbocycles. The summed E-state index contributed by atoms with van der Waals surface area (Å²) in [6.45, 7) is 3.20. The number of fused-ring (bicyclic) bond motifs is 3. The number of nitrogens with two attached hydrogens (primary N) is 2. The van der Waals surface area contributed by atoms with Crippen LogP contribution < -0.4 is 11.5 Å². The van der Waals surface area contributed by atoms with Crippen LogP contribution in [0.15, 0.2) is 36.4 Å². The quantitative estimate of drug-likeness (QED) is 0.329. The van der Waals surface area contributed by atoms with Gasteiger partial charge >= 0.3 is 0 Å². The Morgan fingerprint density at radius 1 is 1.05 bits per heavy atom. The zero-order valence-electron chi connectivity index (χ0n) is 22.1. The van der Waals surface area contributed by atoms with Gasteiger partial charge in [0.15, 0.2) is 34.7 Å². The number of carbonyl (C=O) groups excluding carboxylic acids is 5. The van der Waals surface area contributed by atoms with Gasteiger partial charge in [0, 0.05) is 11.1 Å². The number of aliphatic hydroxyl groups is 1. The number of primary amides is 1. The number of amides is 1. The van der Waals surface area contributed by atoms with Gasteiger partial charge in [0.05, 0.1) is 17.5 Å². The molecular formula is C29H31N3O7. The van der Waals surface area contributed by atoms with E-state index in [1.54, 1.807) is 45.3 Å². The summed E-state index contributed by atoms with van der Waals surface area (Å²) in [5, 5.41) is 22.8. The molecule has 6 atom stereocenters. The van der Waals surface area contributed by atoms with Crippen LogP contribution in [-0.4, -0.2) is 69.9 Å². The Morgan fingerprint density at radius 3 is 2.31 bits per heavy atom. The van der Waals surface area contributed by atoms with E-state index in [1.165, 1.54) is 17.9 Å². The highest BCUT2D eigenvalue weighted by molar-refractivity contribution is 6.33. The summed E-state index contributed by atoms with van der Waals surface area (Å²) >= 11 is 0. The number of phenolic OH excluding ortho intramolecular Hbond substituents is 1. The monoisotopic (exact) mass is 533 g/mol. The Kier molecular flexibility index (Phi) is 5.69. The Labute approximate surface area is 225 Å². The molecule has 204 valence electrons. The minimum atomic E-state index is -2.83. The first-order chi connectivity index (χ1) is 18.1. The molecular weight excluding hydrogens is 502 g/mol. The van der Waals surface area contributed by atoms with Crippen molar-refractivity contribution in [2.45, 2.75) is 38.3 Å². The lowest BCUT2D eigenvalue weighted by Crippen LogP contribution is -2.79. The lowest BCUT2D eigenvalue weighted by molar-refractivity contribution is -0.203. The molecule has 0 aromatic heterocycles. The number of rotatable bonds is 3. The first-order valence-corrected chi connectivity index (χ1v) is 12.7. The standard InChI is InChI=1S/C29H31N3O7/c1-27-11-16-15(13-6-5-7-14(30)10-13)8-9-17(33)18(16)21(34)20(27)25(37)29(39)24(36)19(26(31)38)22(35)23(32(3)4)28(29,2)12-27/h5-10,19-20,23,33,39H,11-12,30H2,1-4H3,(H2,31,38)/t19?,20?,23-,27+,28+,29-/m1/s1. The second-order valence-corrected chi connectivity index (χ2v) is 11.9. The molecule has 2 saturated carbocycles. The zero-order valence-corrected chi connectivity index (χ0v) is 22.1. The fraction of sp³-hybridized carbons (Fsp3) is 0.414. The molecule has 2 unspecified atom stereocenters. The second-order valence-electron chi connectivity index (χ2n) is 11.9. The number of anilines is 1. The SMILES string of the molecule is CN(C)[C@@H]1C(=O)C(C(N)=O)C(=O)[C@@]2(O)C(=O)C3C(=O)c4c(O)ccc(-c5cccc(N)c5)c4C[C@@]3(C)C[C@@]12C. The van der Waals surface area contributed by atoms with E-state index in [0.29, 0.717) is 22.4 Å². The van der Waals surface area contributed by atoms with Crippen LogP contribution in [0.1, 0.15) is 36.2 Å². The summed E-state index contributed by atoms with van der Waals surface area (Å²) in [5.74, 6) is -9.04. The third-order valence-electron chi connectivity index (χ3n) is 9.07. The van der Waals surface area contributed by atoms with Crippen LogP contribution in [-0.2, 0) is 25.6 Å². The molecule has 6 N–H and O–H groups in total. The van der Waals surface area contributed by atoms with Crippen LogP contribution in [0.3, 0.4) is 0 Å². The number of ketones is 4. The topological polar surface area (TPSA) is 181 Å². The third kappa shape index (κ3) is 3.31. The fourth-order valence-corrected chi connectivity index (χ4v) is 7.70. The van der Waals surface area contributed by atoms with Crippen molar-refractivity contribution in [2.24, 2.45) is 28.4 Å². The number of hydrogen-bond acceptors (Lipinski definition) is 9. The number of Topliss-reactive ketones (excluding diaryl/α,β-unsaturated/α-hetero) is 4. The average Bonchev–Trinajstić information content (AvgIpc) is 2.81. The molecule has 1 amide bonds. The van der Waals surface area contributed by atoms with E-state index in [1.807, 2.05) is 6.07 Å². The zero-order chi connectivity index (χ0) is 28.8. The predicted molar refractivity (Wildman–Crippen MR) is 140 cm³/mol. The predicted octanol–water partition coefficient (Wildman–Crippen LogP) is 0.896. The Morgan fingerprint density at radius 2 is 1.72 bits per heavy atom. The summed E-state index contributed by atoms with van der Waals surface area (Å²) in [4.78, 5) is 69.1. The largest absolute Gasteiger partial charge is 0.507 e. The molecule has 0 heterocycles. The summed E-state index contributed by atoms with van der Waals surface area (Å²) in [6.07, 6.45) is 0.0619. The molecule has 2 fully saturated rings. The highest BCUT2D eigenvalue weighted by Gasteiger charge is 2.76. The van der Waals surface area contributed by atoms with E-state index in [9.17, 15) is 34.2 Å². The molecule has 5 rings (SSSR count). The van der Waals surface area contributed by atoms with Gasteiger partial charge in [-0.2, -0.15) is 0 Å². The third-order valence-corrected chi connectivity index (χ3v) is 9.07. The van der Waals surface area contributed by atoms with E-state index in [4.69, 9.17) is 11.5 Å². The summed E-state index contributed by atoms with van der Waals surface area (Å²) in [5.41, 5.74) is 8.07. The maximum absolute atomic E-state index is 14.2. The lowest BCUT2D eigenvalue weighted by atomic mass is 9.42. The van der Waals surface area contributed by atoms with Crippen molar-refractivity contribution in [3.05, 3.63) is 47.5 Å². The first kappa shape index (κ1) is 26.7. The number of benzene rings is 2. The van der Waals surface area contributed by atoms with E-state index in [-0.39, 0.29) is 24.2 Å². The van der Waals surface area contributed by atoms with Crippen molar-refractivity contribution in [1.29, 1.82) is 0 Å². The number of nitrogens with zero attached hydrogens (tertiary/aromatic N) is 1. The van der Waals surface area contributed by atoms with Gasteiger partial charge in [-0.3, -0.25) is 28.9 Å². The van der Waals surface area contributed by atoms with Gasteiger partial charge in [-0.25, -0.2) is 0 Å². The average molecular weight is 534 g/mol. The normalized spacial score (nSPS) is 33.9. The molecule has 0 aliphatic heterocycles. The summed E-state index contributed by atoms with van der Waals surface area (Å²) in [7, 11) is 3.11. The Bertz CT molecular complexity index is 1500. The molecule has 10 heteroatoms. The van der Waals surface area contributed by atoms with E-state index < -0.39 is 63.3 Å². The van der Waals surface area contributed by atoms with Gasteiger partial charge in [-0.05, 0) is 67.2 Å². The van der Waals surface area contributed by atoms with Gasteiger partial charge in [0.1, 0.15) is 5.75 Å². The number of aromatic hydroxyl groups is 1. The van der Waals surface area contributed by atoms with Crippen molar-refractivity contribution in [3.8, 4) is 16.9 Å². The molecule has 2 aromatic rings. The van der Waals surface area contributed by atoms with Crippen LogP contribution in [0.25, 0.3) is 11.1 Å². The van der Waals surface area contributed by atoms with Gasteiger partial charge in [-0.1, -0.05) is 32.0 Å². The summed E-state index contributed by atoms with van der Waals surface area (Å²) in [6, 6.07) is 8.86. The van der Waals surface area contributed by atoms with Crippen LogP contribution in [0.2, 0.25) is 0 Å². The van der Waals surface area contributed by atoms with Crippen LogP contribution in [0.4, 0.5) is 5.69 Å². The fourth-order valence-electron chi connectivity index (χ4n) is 7.70. The molecule has 0 radical (unpaired) electrons. The highest BCUT2D eigenvalue weighted by atomic mass is 16.3. The number of nitrogen functional groups attached to an aromatic ring is 1. The van der Waals surface area contributed by atoms with E-state index in [2.05, 4.69) is 0 Å². The van der Waals surface area contributed by atoms with Gasteiger partial charge in [0.25, 0.3) is 0 Å². The number of phenols is 1. The molecule has 0 saturated heterocycles. The molecule has 10 nitrogen and oxygen atoms in total. The van der Waals surface area contributed by atoms with E-state index >= 15 is 0 Å². The molecule has 3 aliphatic carbocycles. The van der Waals surface area contributed by atoms with Crippen molar-refractivity contribution in [3.63, 3.8) is 0 Å². The smallest absolute Gasteiger partial charge is 0.235 e. The van der Waals surface area contributed by atoms with Crippen molar-refractivity contribution in [2.75, 3.05) is 19.8 Å². The first-order valence-electron chi connectivity index (χ1n) is 12.7. The van der Waals surface area contributed by atoms with E-state index in [0.717, 1.165) is 0 Å². The van der Waals surface area contributed by atoms with Crippen LogP contribution in [0.5, 0.6) is 5.75 Å². The van der Waals surface area contributed by atoms with Gasteiger partial charge in [-0.15, -0.1) is 0 Å². The number of hydrogen-bond donors (Lipinski definition) is 4. The molecule has 0 spiro atoms. The molecule has 3 aliphatic rings. The lowest BCUT2D eigenvalue weighted by Gasteiger charge is -2.61. The minimum Gasteiger partial charge on any atom is -0.507 e. The minimum absolute atomic E-state index is 0.0621. The maximum atomic E-state index is 14.2. The number of likely N-dealkylation sites (N-methyl/N-ethyl adjacent to an activating group) is 1. The Hall–Kier alpha value is -3.89. The molecule has 0 bridgehead atoms. The number of carbonyl (C=O) groups is 5. The van der Waals surface area contributed by atoms with Crippen LogP contribution >= 0.6 is 0 Å². The van der Waals surface area contributed by atoms with Crippen molar-refractivity contribution >= 4 is 34.7 Å². The van der Waals surface area contributed by atoms with Gasteiger partial charge in [0.2, 0.25) is 5.91 Å². The van der Waals surface area contributed by atoms with Crippen molar-refractivity contribution < 1.29 is 34.2 Å². The second kappa shape index (κ2) is 8.30.